The second-order valence-corrected chi connectivity index (χ2v) is 4.26. The molecule has 1 aliphatic rings. The van der Waals surface area contributed by atoms with E-state index >= 15 is 0 Å². The molecule has 0 saturated carbocycles. The van der Waals surface area contributed by atoms with E-state index in [1.165, 1.54) is 6.07 Å². The number of ether oxygens (including phenoxy) is 2. The van der Waals surface area contributed by atoms with Crippen LogP contribution in [-0.4, -0.2) is 6.79 Å². The minimum absolute atomic E-state index is 0.180. The molecular weight excluding hydrogens is 252 g/mol. The maximum absolute atomic E-state index is 13.2. The van der Waals surface area contributed by atoms with Crippen molar-refractivity contribution in [1.82, 2.24) is 0 Å². The van der Waals surface area contributed by atoms with Gasteiger partial charge in [-0.3, -0.25) is 0 Å². The van der Waals surface area contributed by atoms with Crippen LogP contribution in [0.2, 0.25) is 0 Å². The van der Waals surface area contributed by atoms with Gasteiger partial charge >= 0.3 is 0 Å². The predicted molar refractivity (Wildman–Crippen MR) is 65.0 cm³/mol. The van der Waals surface area contributed by atoms with Crippen LogP contribution in [-0.2, 0) is 0 Å². The Hall–Kier alpha value is -2.14. The van der Waals surface area contributed by atoms with Gasteiger partial charge in [-0.25, -0.2) is 8.78 Å². The number of hydrogen-bond acceptors (Lipinski definition) is 3. The molecule has 2 N–H and O–H groups in total. The lowest BCUT2D eigenvalue weighted by molar-refractivity contribution is 0.174. The Labute approximate surface area is 108 Å². The molecule has 0 aliphatic carbocycles. The second-order valence-electron chi connectivity index (χ2n) is 4.26. The molecule has 1 aliphatic heterocycles. The topological polar surface area (TPSA) is 44.5 Å². The summed E-state index contributed by atoms with van der Waals surface area (Å²) in [6.07, 6.45) is 0. The number of rotatable bonds is 2. The molecule has 3 nitrogen and oxygen atoms in total. The minimum Gasteiger partial charge on any atom is -0.454 e. The maximum Gasteiger partial charge on any atom is 0.231 e. The molecule has 0 fully saturated rings. The molecule has 1 atom stereocenters. The molecule has 19 heavy (non-hydrogen) atoms. The molecule has 0 amide bonds. The number of nitrogens with two attached hydrogens (primary N) is 1. The zero-order valence-electron chi connectivity index (χ0n) is 9.90. The third-order valence-corrected chi connectivity index (χ3v) is 3.06. The lowest BCUT2D eigenvalue weighted by Crippen LogP contribution is -2.12. The van der Waals surface area contributed by atoms with Crippen LogP contribution < -0.4 is 15.2 Å². The normalized spacial score (nSPS) is 14.5. The zero-order valence-corrected chi connectivity index (χ0v) is 9.90. The summed E-state index contributed by atoms with van der Waals surface area (Å²) < 4.78 is 36.5. The summed E-state index contributed by atoms with van der Waals surface area (Å²) in [7, 11) is 0. The van der Waals surface area contributed by atoms with Gasteiger partial charge in [-0.15, -0.1) is 0 Å². The van der Waals surface area contributed by atoms with Gasteiger partial charge in [-0.05, 0) is 35.4 Å². The van der Waals surface area contributed by atoms with Gasteiger partial charge in [0.15, 0.2) is 23.1 Å². The van der Waals surface area contributed by atoms with Crippen LogP contribution in [0.3, 0.4) is 0 Å². The molecule has 1 heterocycles. The first-order valence-corrected chi connectivity index (χ1v) is 5.75. The molecule has 0 spiro atoms. The largest absolute Gasteiger partial charge is 0.454 e. The Bertz CT molecular complexity index is 631. The lowest BCUT2D eigenvalue weighted by atomic mass is 9.99. The molecule has 3 rings (SSSR count). The molecule has 0 bridgehead atoms. The SMILES string of the molecule is NC(c1ccc(F)c(F)c1)c1ccc2c(c1)OCO2. The standard InChI is InChI=1S/C14H11F2NO2/c15-10-3-1-8(5-11(10)16)14(17)9-2-4-12-13(6-9)19-7-18-12/h1-6,14H,7,17H2. The van der Waals surface area contributed by atoms with Gasteiger partial charge in [0, 0.05) is 0 Å². The summed E-state index contributed by atoms with van der Waals surface area (Å²) in [5, 5.41) is 0. The van der Waals surface area contributed by atoms with E-state index in [9.17, 15) is 8.78 Å². The molecule has 1 unspecified atom stereocenters. The first-order chi connectivity index (χ1) is 9.15. The van der Waals surface area contributed by atoms with E-state index in [0.29, 0.717) is 17.1 Å². The Morgan fingerprint density at radius 2 is 1.58 bits per heavy atom. The van der Waals surface area contributed by atoms with Crippen LogP contribution in [0.25, 0.3) is 0 Å². The molecule has 2 aromatic carbocycles. The van der Waals surface area contributed by atoms with Crippen molar-refractivity contribution in [3.8, 4) is 11.5 Å². The zero-order chi connectivity index (χ0) is 13.4. The van der Waals surface area contributed by atoms with Crippen molar-refractivity contribution in [1.29, 1.82) is 0 Å². The number of benzene rings is 2. The monoisotopic (exact) mass is 263 g/mol. The van der Waals surface area contributed by atoms with Gasteiger partial charge in [0.25, 0.3) is 0 Å². The van der Waals surface area contributed by atoms with E-state index in [1.807, 2.05) is 0 Å². The molecular formula is C14H11F2NO2. The molecule has 0 saturated heterocycles. The van der Waals surface area contributed by atoms with Crippen molar-refractivity contribution >= 4 is 0 Å². The highest BCUT2D eigenvalue weighted by Gasteiger charge is 2.17. The van der Waals surface area contributed by atoms with Crippen molar-refractivity contribution in [3.05, 3.63) is 59.2 Å². The summed E-state index contributed by atoms with van der Waals surface area (Å²) >= 11 is 0. The van der Waals surface area contributed by atoms with Crippen molar-refractivity contribution < 1.29 is 18.3 Å². The van der Waals surface area contributed by atoms with E-state index in [0.717, 1.165) is 17.7 Å². The minimum atomic E-state index is -0.909. The average Bonchev–Trinajstić information content (AvgIpc) is 2.88. The fraction of sp³-hybridized carbons (Fsp3) is 0.143. The summed E-state index contributed by atoms with van der Waals surface area (Å²) in [6, 6.07) is 8.35. The van der Waals surface area contributed by atoms with Crippen molar-refractivity contribution in [2.75, 3.05) is 6.79 Å². The Morgan fingerprint density at radius 3 is 2.37 bits per heavy atom. The average molecular weight is 263 g/mol. The van der Waals surface area contributed by atoms with Crippen LogP contribution in [0.1, 0.15) is 17.2 Å². The Balaban J connectivity index is 1.94. The summed E-state index contributed by atoms with van der Waals surface area (Å²) in [5.74, 6) is -0.535. The third kappa shape index (κ3) is 2.13. The number of hydrogen-bond donors (Lipinski definition) is 1. The highest BCUT2D eigenvalue weighted by atomic mass is 19.2. The van der Waals surface area contributed by atoms with E-state index in [2.05, 4.69) is 0 Å². The van der Waals surface area contributed by atoms with Crippen LogP contribution in [0.5, 0.6) is 11.5 Å². The van der Waals surface area contributed by atoms with Gasteiger partial charge in [0.2, 0.25) is 6.79 Å². The lowest BCUT2D eigenvalue weighted by Gasteiger charge is -2.13. The van der Waals surface area contributed by atoms with Crippen LogP contribution >= 0.6 is 0 Å². The van der Waals surface area contributed by atoms with E-state index < -0.39 is 17.7 Å². The Morgan fingerprint density at radius 1 is 0.895 bits per heavy atom. The van der Waals surface area contributed by atoms with Crippen LogP contribution in [0.15, 0.2) is 36.4 Å². The summed E-state index contributed by atoms with van der Waals surface area (Å²) in [6.45, 7) is 0.180. The smallest absolute Gasteiger partial charge is 0.231 e. The highest BCUT2D eigenvalue weighted by Crippen LogP contribution is 2.35. The van der Waals surface area contributed by atoms with E-state index in [1.54, 1.807) is 18.2 Å². The van der Waals surface area contributed by atoms with E-state index in [-0.39, 0.29) is 6.79 Å². The maximum atomic E-state index is 13.2. The van der Waals surface area contributed by atoms with Crippen molar-refractivity contribution in [2.24, 2.45) is 5.73 Å². The summed E-state index contributed by atoms with van der Waals surface area (Å²) in [5.41, 5.74) is 7.29. The molecule has 2 aromatic rings. The Kier molecular flexibility index (Phi) is 2.83. The quantitative estimate of drug-likeness (QED) is 0.906. The van der Waals surface area contributed by atoms with Gasteiger partial charge in [-0.2, -0.15) is 0 Å². The van der Waals surface area contributed by atoms with Gasteiger partial charge in [-0.1, -0.05) is 12.1 Å². The van der Waals surface area contributed by atoms with Gasteiger partial charge in [0.05, 0.1) is 6.04 Å². The summed E-state index contributed by atoms with van der Waals surface area (Å²) in [4.78, 5) is 0. The fourth-order valence-electron chi connectivity index (χ4n) is 2.00. The molecule has 98 valence electrons. The second kappa shape index (κ2) is 4.51. The molecule has 0 radical (unpaired) electrons. The van der Waals surface area contributed by atoms with Crippen LogP contribution in [0.4, 0.5) is 8.78 Å². The van der Waals surface area contributed by atoms with Crippen molar-refractivity contribution in [3.63, 3.8) is 0 Å². The number of halogens is 2. The first kappa shape index (κ1) is 11.9. The third-order valence-electron chi connectivity index (χ3n) is 3.06. The van der Waals surface area contributed by atoms with Crippen molar-refractivity contribution in [2.45, 2.75) is 6.04 Å². The molecule has 5 heteroatoms. The highest BCUT2D eigenvalue weighted by molar-refractivity contribution is 5.47. The molecule has 0 aromatic heterocycles. The number of fused-ring (bicyclic) bond motifs is 1. The fourth-order valence-corrected chi connectivity index (χ4v) is 2.00. The van der Waals surface area contributed by atoms with E-state index in [4.69, 9.17) is 15.2 Å². The first-order valence-electron chi connectivity index (χ1n) is 5.75. The van der Waals surface area contributed by atoms with Gasteiger partial charge < -0.3 is 15.2 Å². The van der Waals surface area contributed by atoms with Gasteiger partial charge in [0.1, 0.15) is 0 Å². The predicted octanol–water partition coefficient (Wildman–Crippen LogP) is 2.74. The van der Waals surface area contributed by atoms with Crippen LogP contribution in [0, 0.1) is 11.6 Å².